The zero-order chi connectivity index (χ0) is 16.0. The highest BCUT2D eigenvalue weighted by Crippen LogP contribution is 2.46. The molecule has 2 aliphatic rings. The standard InChI is InChI=1S/C16H14BrClN4O/c17-10-1-2-11-12(9-10)19-15(23)16(11)5-7-22(8-6-16)14-4-3-13(18)20-21-14/h1-4,9H,5-8H2,(H,19,23). The molecule has 0 saturated carbocycles. The van der Waals surface area contributed by atoms with Gasteiger partial charge < -0.3 is 10.2 Å². The molecule has 0 radical (unpaired) electrons. The van der Waals surface area contributed by atoms with Gasteiger partial charge in [-0.05, 0) is 42.7 Å². The Kier molecular flexibility index (Phi) is 3.54. The Labute approximate surface area is 147 Å². The molecular weight excluding hydrogens is 380 g/mol. The minimum atomic E-state index is -0.424. The lowest BCUT2D eigenvalue weighted by atomic mass is 9.73. The van der Waals surface area contributed by atoms with Gasteiger partial charge in [0.25, 0.3) is 0 Å². The summed E-state index contributed by atoms with van der Waals surface area (Å²) in [5.74, 6) is 0.908. The summed E-state index contributed by atoms with van der Waals surface area (Å²) in [6.07, 6.45) is 1.52. The Morgan fingerprint density at radius 1 is 1.17 bits per heavy atom. The normalized spacial score (nSPS) is 18.9. The zero-order valence-electron chi connectivity index (χ0n) is 12.2. The second-order valence-electron chi connectivity index (χ2n) is 5.93. The number of halogens is 2. The summed E-state index contributed by atoms with van der Waals surface area (Å²) >= 11 is 9.25. The minimum Gasteiger partial charge on any atom is -0.355 e. The molecule has 0 bridgehead atoms. The van der Waals surface area contributed by atoms with Crippen molar-refractivity contribution < 1.29 is 4.79 Å². The number of fused-ring (bicyclic) bond motifs is 2. The third kappa shape index (κ3) is 2.40. The molecule has 0 atom stereocenters. The molecule has 1 spiro atoms. The van der Waals surface area contributed by atoms with E-state index in [2.05, 4.69) is 42.4 Å². The van der Waals surface area contributed by atoms with Crippen molar-refractivity contribution >= 4 is 44.9 Å². The highest BCUT2D eigenvalue weighted by Gasteiger charge is 2.48. The van der Waals surface area contributed by atoms with Crippen LogP contribution in [-0.2, 0) is 10.2 Å². The van der Waals surface area contributed by atoms with Gasteiger partial charge in [0, 0.05) is 23.2 Å². The topological polar surface area (TPSA) is 58.1 Å². The van der Waals surface area contributed by atoms with Crippen LogP contribution in [0.1, 0.15) is 18.4 Å². The second-order valence-corrected chi connectivity index (χ2v) is 7.23. The van der Waals surface area contributed by atoms with Gasteiger partial charge in [0.15, 0.2) is 11.0 Å². The molecule has 5 nitrogen and oxygen atoms in total. The largest absolute Gasteiger partial charge is 0.355 e. The van der Waals surface area contributed by atoms with Crippen LogP contribution in [0.4, 0.5) is 11.5 Å². The molecule has 4 rings (SSSR count). The van der Waals surface area contributed by atoms with Crippen molar-refractivity contribution in [1.29, 1.82) is 0 Å². The van der Waals surface area contributed by atoms with E-state index in [1.165, 1.54) is 0 Å². The molecule has 1 amide bonds. The maximum atomic E-state index is 12.6. The first kappa shape index (κ1) is 14.9. The monoisotopic (exact) mass is 392 g/mol. The summed E-state index contributed by atoms with van der Waals surface area (Å²) in [6, 6.07) is 9.63. The maximum Gasteiger partial charge on any atom is 0.235 e. The predicted octanol–water partition coefficient (Wildman–Crippen LogP) is 3.38. The number of hydrogen-bond donors (Lipinski definition) is 1. The summed E-state index contributed by atoms with van der Waals surface area (Å²) in [5.41, 5.74) is 1.60. The van der Waals surface area contributed by atoms with Crippen LogP contribution < -0.4 is 10.2 Å². The molecular formula is C16H14BrClN4O. The van der Waals surface area contributed by atoms with Gasteiger partial charge >= 0.3 is 0 Å². The van der Waals surface area contributed by atoms with E-state index in [-0.39, 0.29) is 5.91 Å². The average molecular weight is 394 g/mol. The SMILES string of the molecule is O=C1Nc2cc(Br)ccc2C12CCN(c1ccc(Cl)nn1)CC2. The Morgan fingerprint density at radius 3 is 2.65 bits per heavy atom. The smallest absolute Gasteiger partial charge is 0.235 e. The number of piperidine rings is 1. The summed E-state index contributed by atoms with van der Waals surface area (Å²) < 4.78 is 0.975. The maximum absolute atomic E-state index is 12.6. The molecule has 1 saturated heterocycles. The van der Waals surface area contributed by atoms with E-state index in [0.717, 1.165) is 47.5 Å². The summed E-state index contributed by atoms with van der Waals surface area (Å²) in [5, 5.41) is 11.4. The van der Waals surface area contributed by atoms with Crippen LogP contribution in [0, 0.1) is 0 Å². The van der Waals surface area contributed by atoms with E-state index in [0.29, 0.717) is 5.15 Å². The fourth-order valence-corrected chi connectivity index (χ4v) is 3.95. The lowest BCUT2D eigenvalue weighted by Gasteiger charge is -2.38. The average Bonchev–Trinajstić information content (AvgIpc) is 2.80. The van der Waals surface area contributed by atoms with Crippen LogP contribution in [0.5, 0.6) is 0 Å². The van der Waals surface area contributed by atoms with Crippen molar-refractivity contribution in [1.82, 2.24) is 10.2 Å². The molecule has 2 aromatic rings. The minimum absolute atomic E-state index is 0.104. The van der Waals surface area contributed by atoms with Crippen LogP contribution in [0.2, 0.25) is 5.15 Å². The van der Waals surface area contributed by atoms with Gasteiger partial charge in [-0.1, -0.05) is 33.6 Å². The van der Waals surface area contributed by atoms with E-state index in [9.17, 15) is 4.79 Å². The number of nitrogens with zero attached hydrogens (tertiary/aromatic N) is 3. The molecule has 0 aliphatic carbocycles. The Morgan fingerprint density at radius 2 is 1.96 bits per heavy atom. The number of amides is 1. The van der Waals surface area contributed by atoms with Crippen molar-refractivity contribution in [2.24, 2.45) is 0 Å². The Balaban J connectivity index is 1.60. The molecule has 3 heterocycles. The number of aromatic nitrogens is 2. The summed E-state index contributed by atoms with van der Waals surface area (Å²) in [4.78, 5) is 14.8. The molecule has 0 unspecified atom stereocenters. The Hall–Kier alpha value is -1.66. The molecule has 23 heavy (non-hydrogen) atoms. The second kappa shape index (κ2) is 5.46. The number of benzene rings is 1. The van der Waals surface area contributed by atoms with Crippen LogP contribution >= 0.6 is 27.5 Å². The van der Waals surface area contributed by atoms with Crippen molar-refractivity contribution in [3.63, 3.8) is 0 Å². The molecule has 118 valence electrons. The molecule has 7 heteroatoms. The molecule has 1 fully saturated rings. The zero-order valence-corrected chi connectivity index (χ0v) is 14.6. The lowest BCUT2D eigenvalue weighted by Crippen LogP contribution is -2.46. The van der Waals surface area contributed by atoms with Crippen LogP contribution in [0.25, 0.3) is 0 Å². The van der Waals surface area contributed by atoms with Gasteiger partial charge in [0.05, 0.1) is 5.41 Å². The fourth-order valence-electron chi connectivity index (χ4n) is 3.49. The van der Waals surface area contributed by atoms with Crippen molar-refractivity contribution in [2.75, 3.05) is 23.3 Å². The summed E-state index contributed by atoms with van der Waals surface area (Å²) in [7, 11) is 0. The lowest BCUT2D eigenvalue weighted by molar-refractivity contribution is -0.121. The molecule has 2 aliphatic heterocycles. The van der Waals surface area contributed by atoms with Crippen LogP contribution in [-0.4, -0.2) is 29.2 Å². The summed E-state index contributed by atoms with van der Waals surface area (Å²) in [6.45, 7) is 1.53. The first-order valence-corrected chi connectivity index (χ1v) is 8.61. The van der Waals surface area contributed by atoms with Gasteiger partial charge in [0.1, 0.15) is 0 Å². The quantitative estimate of drug-likeness (QED) is 0.807. The number of nitrogens with one attached hydrogen (secondary N) is 1. The van der Waals surface area contributed by atoms with E-state index in [1.807, 2.05) is 18.2 Å². The number of anilines is 2. The number of carbonyl (C=O) groups is 1. The fraction of sp³-hybridized carbons (Fsp3) is 0.312. The highest BCUT2D eigenvalue weighted by molar-refractivity contribution is 9.10. The molecule has 1 aromatic carbocycles. The van der Waals surface area contributed by atoms with Gasteiger partial charge in [-0.3, -0.25) is 4.79 Å². The van der Waals surface area contributed by atoms with E-state index in [4.69, 9.17) is 11.6 Å². The van der Waals surface area contributed by atoms with Crippen molar-refractivity contribution in [2.45, 2.75) is 18.3 Å². The van der Waals surface area contributed by atoms with Gasteiger partial charge in [-0.25, -0.2) is 0 Å². The van der Waals surface area contributed by atoms with Gasteiger partial charge in [-0.15, -0.1) is 10.2 Å². The molecule has 1 aromatic heterocycles. The Bertz CT molecular complexity index is 772. The predicted molar refractivity (Wildman–Crippen MR) is 92.9 cm³/mol. The third-order valence-electron chi connectivity index (χ3n) is 4.74. The first-order chi connectivity index (χ1) is 11.1. The van der Waals surface area contributed by atoms with E-state index >= 15 is 0 Å². The first-order valence-electron chi connectivity index (χ1n) is 7.44. The van der Waals surface area contributed by atoms with Crippen molar-refractivity contribution in [3.8, 4) is 0 Å². The van der Waals surface area contributed by atoms with E-state index < -0.39 is 5.41 Å². The van der Waals surface area contributed by atoms with Gasteiger partial charge in [0.2, 0.25) is 5.91 Å². The van der Waals surface area contributed by atoms with E-state index in [1.54, 1.807) is 6.07 Å². The van der Waals surface area contributed by atoms with Gasteiger partial charge in [-0.2, -0.15) is 0 Å². The molecule has 1 N–H and O–H groups in total. The number of hydrogen-bond acceptors (Lipinski definition) is 4. The van der Waals surface area contributed by atoms with Crippen LogP contribution in [0.15, 0.2) is 34.8 Å². The van der Waals surface area contributed by atoms with Crippen molar-refractivity contribution in [3.05, 3.63) is 45.5 Å². The third-order valence-corrected chi connectivity index (χ3v) is 5.43. The number of carbonyl (C=O) groups excluding carboxylic acids is 1. The van der Waals surface area contributed by atoms with Crippen LogP contribution in [0.3, 0.4) is 0 Å². The highest BCUT2D eigenvalue weighted by atomic mass is 79.9. The number of rotatable bonds is 1.